The number of aryl methyl sites for hydroxylation is 2. The van der Waals surface area contributed by atoms with E-state index in [1.807, 2.05) is 0 Å². The van der Waals surface area contributed by atoms with Crippen LogP contribution in [0.2, 0.25) is 0 Å². The Morgan fingerprint density at radius 1 is 1.28 bits per heavy atom. The number of para-hydroxylation sites is 1. The number of benzene rings is 1. The maximum Gasteiger partial charge on any atom is 0.328 e. The normalized spacial score (nSPS) is 15.6. The number of nitrogens with one attached hydrogen (secondary N) is 1. The summed E-state index contributed by atoms with van der Waals surface area (Å²) in [5.74, 6) is 0.964. The van der Waals surface area contributed by atoms with Crippen LogP contribution in [0.3, 0.4) is 0 Å². The fraction of sp³-hybridized carbons (Fsp3) is 0.375. The zero-order chi connectivity index (χ0) is 16.7. The molecule has 0 radical (unpaired) electrons. The molecule has 0 spiro atoms. The minimum atomic E-state index is -0.469. The van der Waals surface area contributed by atoms with Gasteiger partial charge in [-0.15, -0.1) is 12.4 Å². The fourth-order valence-electron chi connectivity index (χ4n) is 3.01. The van der Waals surface area contributed by atoms with Gasteiger partial charge in [-0.25, -0.2) is 4.79 Å². The van der Waals surface area contributed by atoms with Crippen LogP contribution in [0, 0.1) is 0 Å². The molecule has 25 heavy (non-hydrogen) atoms. The van der Waals surface area contributed by atoms with Crippen molar-refractivity contribution in [3.05, 3.63) is 56.8 Å². The van der Waals surface area contributed by atoms with Gasteiger partial charge in [0.1, 0.15) is 0 Å². The number of rotatable bonds is 4. The van der Waals surface area contributed by atoms with E-state index >= 15 is 0 Å². The van der Waals surface area contributed by atoms with Crippen LogP contribution in [0.4, 0.5) is 0 Å². The van der Waals surface area contributed by atoms with Crippen molar-refractivity contribution in [1.29, 1.82) is 0 Å². The first kappa shape index (κ1) is 17.4. The molecule has 9 heteroatoms. The van der Waals surface area contributed by atoms with Gasteiger partial charge in [0.25, 0.3) is 5.56 Å². The second kappa shape index (κ2) is 6.45. The summed E-state index contributed by atoms with van der Waals surface area (Å²) in [5, 5.41) is 4.44. The Kier molecular flexibility index (Phi) is 4.49. The molecular weight excluding hydrogens is 346 g/mol. The summed E-state index contributed by atoms with van der Waals surface area (Å²) < 4.78 is 6.76. The summed E-state index contributed by atoms with van der Waals surface area (Å²) >= 11 is 0. The summed E-state index contributed by atoms with van der Waals surface area (Å²) in [5.41, 5.74) is 5.46. The van der Waals surface area contributed by atoms with Crippen LogP contribution in [-0.2, 0) is 18.5 Å². The minimum Gasteiger partial charge on any atom is -0.339 e. The van der Waals surface area contributed by atoms with Gasteiger partial charge in [-0.1, -0.05) is 17.3 Å². The summed E-state index contributed by atoms with van der Waals surface area (Å²) in [6.45, 7) is 0.329. The molecule has 3 N–H and O–H groups in total. The third kappa shape index (κ3) is 2.98. The van der Waals surface area contributed by atoms with Crippen molar-refractivity contribution in [2.24, 2.45) is 5.73 Å². The topological polar surface area (TPSA) is 120 Å². The molecule has 1 aliphatic carbocycles. The van der Waals surface area contributed by atoms with Crippen LogP contribution in [0.1, 0.15) is 31.0 Å². The van der Waals surface area contributed by atoms with Gasteiger partial charge < -0.3 is 10.3 Å². The van der Waals surface area contributed by atoms with Gasteiger partial charge in [-0.05, 0) is 31.4 Å². The third-order valence-electron chi connectivity index (χ3n) is 4.61. The standard InChI is InChI=1S/C16H17N5O3.ClH/c17-16(7-3-8-16)14-18-12(24-20-14)6-9-21-11-5-2-1-4-10(11)13(22)19-15(21)23;/h1-2,4-5H,3,6-9,17H2,(H,19,22,23);1H. The van der Waals surface area contributed by atoms with Gasteiger partial charge in [0.15, 0.2) is 5.82 Å². The number of nitrogens with two attached hydrogens (primary N) is 1. The molecule has 4 rings (SSSR count). The molecule has 1 aliphatic rings. The summed E-state index contributed by atoms with van der Waals surface area (Å²) in [6.07, 6.45) is 3.17. The molecule has 1 fully saturated rings. The van der Waals surface area contributed by atoms with E-state index in [9.17, 15) is 9.59 Å². The first-order valence-electron chi connectivity index (χ1n) is 7.91. The van der Waals surface area contributed by atoms with Crippen LogP contribution in [0.15, 0.2) is 38.4 Å². The fourth-order valence-corrected chi connectivity index (χ4v) is 3.01. The van der Waals surface area contributed by atoms with E-state index in [0.29, 0.717) is 35.6 Å². The van der Waals surface area contributed by atoms with Gasteiger partial charge in [0.05, 0.1) is 16.4 Å². The van der Waals surface area contributed by atoms with Crippen molar-refractivity contribution >= 4 is 23.3 Å². The summed E-state index contributed by atoms with van der Waals surface area (Å²) in [6, 6.07) is 6.98. The van der Waals surface area contributed by atoms with E-state index < -0.39 is 11.2 Å². The van der Waals surface area contributed by atoms with Gasteiger partial charge in [0.2, 0.25) is 5.89 Å². The Morgan fingerprint density at radius 2 is 2.04 bits per heavy atom. The van der Waals surface area contributed by atoms with Crippen molar-refractivity contribution in [3.63, 3.8) is 0 Å². The Bertz CT molecular complexity index is 1020. The molecule has 2 aromatic heterocycles. The first-order chi connectivity index (χ1) is 11.6. The molecule has 8 nitrogen and oxygen atoms in total. The quantitative estimate of drug-likeness (QED) is 0.715. The Hall–Kier alpha value is -2.45. The zero-order valence-corrected chi connectivity index (χ0v) is 14.2. The predicted molar refractivity (Wildman–Crippen MR) is 93.8 cm³/mol. The minimum absolute atomic E-state index is 0. The number of H-pyrrole nitrogens is 1. The van der Waals surface area contributed by atoms with Gasteiger partial charge in [0, 0.05) is 13.0 Å². The number of nitrogens with zero attached hydrogens (tertiary/aromatic N) is 3. The van der Waals surface area contributed by atoms with Crippen molar-refractivity contribution in [2.45, 2.75) is 37.8 Å². The average Bonchev–Trinajstić information content (AvgIpc) is 3.02. The smallest absolute Gasteiger partial charge is 0.328 e. The van der Waals surface area contributed by atoms with E-state index in [4.69, 9.17) is 10.3 Å². The Balaban J connectivity index is 0.00000182. The Morgan fingerprint density at radius 3 is 2.76 bits per heavy atom. The van der Waals surface area contributed by atoms with E-state index in [1.54, 1.807) is 24.3 Å². The van der Waals surface area contributed by atoms with Gasteiger partial charge in [-0.2, -0.15) is 4.98 Å². The summed E-state index contributed by atoms with van der Waals surface area (Å²) in [4.78, 5) is 30.7. The number of hydrogen-bond donors (Lipinski definition) is 2. The molecule has 1 aromatic carbocycles. The highest BCUT2D eigenvalue weighted by Gasteiger charge is 2.38. The largest absolute Gasteiger partial charge is 0.339 e. The maximum atomic E-state index is 12.1. The van der Waals surface area contributed by atoms with Crippen molar-refractivity contribution in [1.82, 2.24) is 19.7 Å². The molecule has 3 aromatic rings. The maximum absolute atomic E-state index is 12.1. The molecule has 0 unspecified atom stereocenters. The highest BCUT2D eigenvalue weighted by Crippen LogP contribution is 2.36. The highest BCUT2D eigenvalue weighted by atomic mass is 35.5. The van der Waals surface area contributed by atoms with Crippen molar-refractivity contribution in [2.75, 3.05) is 0 Å². The second-order valence-corrected chi connectivity index (χ2v) is 6.20. The lowest BCUT2D eigenvalue weighted by atomic mass is 9.77. The molecule has 0 atom stereocenters. The van der Waals surface area contributed by atoms with Crippen LogP contribution >= 0.6 is 12.4 Å². The number of aromatic nitrogens is 4. The summed E-state index contributed by atoms with van der Waals surface area (Å²) in [7, 11) is 0. The number of aromatic amines is 1. The van der Waals surface area contributed by atoms with Crippen molar-refractivity contribution in [3.8, 4) is 0 Å². The van der Waals surface area contributed by atoms with Crippen LogP contribution in [0.5, 0.6) is 0 Å². The number of hydrogen-bond acceptors (Lipinski definition) is 6. The van der Waals surface area contributed by atoms with E-state index in [1.165, 1.54) is 4.57 Å². The van der Waals surface area contributed by atoms with Gasteiger partial charge >= 0.3 is 5.69 Å². The average molecular weight is 364 g/mol. The second-order valence-electron chi connectivity index (χ2n) is 6.20. The molecule has 0 amide bonds. The lowest BCUT2D eigenvalue weighted by Gasteiger charge is -2.34. The molecule has 0 aliphatic heterocycles. The lowest BCUT2D eigenvalue weighted by molar-refractivity contribution is 0.229. The predicted octanol–water partition coefficient (Wildman–Crippen LogP) is 1.08. The van der Waals surface area contributed by atoms with Crippen molar-refractivity contribution < 1.29 is 4.52 Å². The molecule has 1 saturated carbocycles. The molecular formula is C16H18ClN5O3. The monoisotopic (exact) mass is 363 g/mol. The first-order valence-corrected chi connectivity index (χ1v) is 7.91. The van der Waals surface area contributed by atoms with Crippen LogP contribution in [0.25, 0.3) is 10.9 Å². The van der Waals surface area contributed by atoms with Crippen LogP contribution in [-0.4, -0.2) is 19.7 Å². The molecule has 0 bridgehead atoms. The SMILES string of the molecule is Cl.NC1(c2noc(CCn3c(=O)[nH]c(=O)c4ccccc43)n2)CCC1. The van der Waals surface area contributed by atoms with Crippen LogP contribution < -0.4 is 17.0 Å². The molecule has 132 valence electrons. The zero-order valence-electron chi connectivity index (χ0n) is 13.4. The third-order valence-corrected chi connectivity index (χ3v) is 4.61. The Labute approximate surface area is 148 Å². The van der Waals surface area contributed by atoms with Gasteiger partial charge in [-0.3, -0.25) is 14.3 Å². The number of fused-ring (bicyclic) bond motifs is 1. The molecule has 2 heterocycles. The molecule has 0 saturated heterocycles. The van der Waals surface area contributed by atoms with E-state index in [0.717, 1.165) is 19.3 Å². The highest BCUT2D eigenvalue weighted by molar-refractivity contribution is 5.85. The number of halogens is 1. The van der Waals surface area contributed by atoms with E-state index in [2.05, 4.69) is 15.1 Å². The lowest BCUT2D eigenvalue weighted by Crippen LogP contribution is -2.44. The van der Waals surface area contributed by atoms with E-state index in [-0.39, 0.29) is 18.0 Å².